The topological polar surface area (TPSA) is 43.4 Å². The third-order valence-corrected chi connectivity index (χ3v) is 15.1. The Balaban J connectivity index is 1.42. The summed E-state index contributed by atoms with van der Waals surface area (Å²) in [5, 5.41) is 0. The average Bonchev–Trinajstić information content (AvgIpc) is 3.33. The van der Waals surface area contributed by atoms with Crippen LogP contribution < -0.4 is 0 Å². The summed E-state index contributed by atoms with van der Waals surface area (Å²) >= 11 is 2.36. The van der Waals surface area contributed by atoms with Crippen molar-refractivity contribution in [2.45, 2.75) is 99.3 Å². The highest BCUT2D eigenvalue weighted by Gasteiger charge is 2.72. The van der Waals surface area contributed by atoms with Crippen LogP contribution in [0.1, 0.15) is 105 Å². The Morgan fingerprint density at radius 1 is 0.976 bits per heavy atom. The molecular formula is C38H51IO3. The second-order valence-electron chi connectivity index (χ2n) is 16.3. The van der Waals surface area contributed by atoms with Crippen molar-refractivity contribution >= 4 is 40.4 Å². The summed E-state index contributed by atoms with van der Waals surface area (Å²) in [6.07, 6.45) is 11.7. The van der Waals surface area contributed by atoms with Gasteiger partial charge >= 0.3 is 5.97 Å². The number of Topliss-reactive ketones (excluding diaryl/α,β-unsaturated/α-hetero) is 1. The lowest BCUT2D eigenvalue weighted by molar-refractivity contribution is -0.232. The molecule has 5 fully saturated rings. The van der Waals surface area contributed by atoms with Gasteiger partial charge in [0.15, 0.2) is 5.78 Å². The minimum absolute atomic E-state index is 0.0270. The normalized spacial score (nSPS) is 44.9. The molecule has 1 aromatic rings. The zero-order valence-electron chi connectivity index (χ0n) is 26.9. The molecule has 0 aromatic heterocycles. The highest BCUT2D eigenvalue weighted by molar-refractivity contribution is 14.1. The Bertz CT molecular complexity index is 1360. The van der Waals surface area contributed by atoms with Crippen LogP contribution in [0.5, 0.6) is 0 Å². The minimum Gasteiger partial charge on any atom is -0.469 e. The van der Waals surface area contributed by atoms with Crippen molar-refractivity contribution < 1.29 is 14.3 Å². The molecular weight excluding hydrogens is 631 g/mol. The molecule has 0 unspecified atom stereocenters. The number of halogens is 1. The summed E-state index contributed by atoms with van der Waals surface area (Å²) in [5.74, 6) is 2.53. The molecule has 5 saturated carbocycles. The first-order chi connectivity index (χ1) is 19.7. The van der Waals surface area contributed by atoms with Gasteiger partial charge in [-0.2, -0.15) is 0 Å². The van der Waals surface area contributed by atoms with E-state index in [0.29, 0.717) is 35.4 Å². The van der Waals surface area contributed by atoms with Gasteiger partial charge in [-0.25, -0.2) is 0 Å². The fraction of sp³-hybridized carbons (Fsp3) is 0.684. The van der Waals surface area contributed by atoms with Crippen LogP contribution in [0.3, 0.4) is 0 Å². The molecule has 0 bridgehead atoms. The Morgan fingerprint density at radius 2 is 1.71 bits per heavy atom. The van der Waals surface area contributed by atoms with E-state index in [9.17, 15) is 9.59 Å². The lowest BCUT2D eigenvalue weighted by Gasteiger charge is -2.72. The van der Waals surface area contributed by atoms with Crippen LogP contribution in [-0.4, -0.2) is 18.9 Å². The number of carbonyl (C=O) groups excluding carboxylic acids is 2. The van der Waals surface area contributed by atoms with Crippen LogP contribution in [0, 0.1) is 60.2 Å². The van der Waals surface area contributed by atoms with E-state index in [1.807, 2.05) is 0 Å². The smallest absolute Gasteiger partial charge is 0.312 e. The van der Waals surface area contributed by atoms with Crippen molar-refractivity contribution in [3.8, 4) is 0 Å². The number of ether oxygens (including phenoxy) is 1. The lowest BCUT2D eigenvalue weighted by Crippen LogP contribution is -2.67. The zero-order valence-corrected chi connectivity index (χ0v) is 29.1. The number of allylic oxidation sites excluding steroid dienone is 2. The number of benzene rings is 1. The van der Waals surface area contributed by atoms with Crippen molar-refractivity contribution in [3.05, 3.63) is 51.1 Å². The van der Waals surface area contributed by atoms with E-state index in [-0.39, 0.29) is 33.0 Å². The molecule has 42 heavy (non-hydrogen) atoms. The number of ketones is 1. The van der Waals surface area contributed by atoms with Gasteiger partial charge in [-0.3, -0.25) is 9.59 Å². The van der Waals surface area contributed by atoms with E-state index in [1.165, 1.54) is 22.0 Å². The molecule has 228 valence electrons. The van der Waals surface area contributed by atoms with Crippen LogP contribution in [0.25, 0.3) is 6.08 Å². The van der Waals surface area contributed by atoms with Gasteiger partial charge in [0, 0.05) is 8.99 Å². The van der Waals surface area contributed by atoms with Gasteiger partial charge in [-0.1, -0.05) is 58.9 Å². The Hall–Kier alpha value is -1.43. The quantitative estimate of drug-likeness (QED) is 0.138. The van der Waals surface area contributed by atoms with Gasteiger partial charge in [0.05, 0.1) is 12.5 Å². The zero-order chi connectivity index (χ0) is 30.5. The minimum atomic E-state index is -0.372. The predicted octanol–water partition coefficient (Wildman–Crippen LogP) is 9.68. The monoisotopic (exact) mass is 682 g/mol. The van der Waals surface area contributed by atoms with Crippen LogP contribution in [-0.2, 0) is 14.3 Å². The Morgan fingerprint density at radius 3 is 2.38 bits per heavy atom. The Kier molecular flexibility index (Phi) is 7.31. The van der Waals surface area contributed by atoms with Crippen molar-refractivity contribution in [1.82, 2.24) is 0 Å². The molecule has 0 N–H and O–H groups in total. The van der Waals surface area contributed by atoms with Gasteiger partial charge in [0.25, 0.3) is 0 Å². The molecule has 0 heterocycles. The number of fused-ring (bicyclic) bond motifs is 7. The summed E-state index contributed by atoms with van der Waals surface area (Å²) in [7, 11) is 1.59. The molecule has 4 heteroatoms. The molecule has 0 saturated heterocycles. The lowest BCUT2D eigenvalue weighted by atomic mass is 9.32. The van der Waals surface area contributed by atoms with Gasteiger partial charge in [-0.15, -0.1) is 0 Å². The number of carbonyl (C=O) groups is 2. The van der Waals surface area contributed by atoms with Crippen LogP contribution in [0.2, 0.25) is 0 Å². The summed E-state index contributed by atoms with van der Waals surface area (Å²) in [5.41, 5.74) is 3.05. The molecule has 0 spiro atoms. The predicted molar refractivity (Wildman–Crippen MR) is 179 cm³/mol. The molecule has 9 atom stereocenters. The van der Waals surface area contributed by atoms with Gasteiger partial charge in [0.2, 0.25) is 0 Å². The number of esters is 1. The van der Waals surface area contributed by atoms with E-state index in [0.717, 1.165) is 56.1 Å². The maximum atomic E-state index is 14.1. The molecule has 5 aliphatic carbocycles. The van der Waals surface area contributed by atoms with E-state index in [1.54, 1.807) is 7.11 Å². The van der Waals surface area contributed by atoms with Crippen LogP contribution >= 0.6 is 22.6 Å². The van der Waals surface area contributed by atoms with Crippen molar-refractivity contribution in [1.29, 1.82) is 0 Å². The third kappa shape index (κ3) is 4.01. The highest BCUT2D eigenvalue weighted by Crippen LogP contribution is 2.77. The highest BCUT2D eigenvalue weighted by atomic mass is 127. The molecule has 6 rings (SSSR count). The standard InChI is InChI=1S/C38H51IO3/c1-23(2)27-14-17-38(33(41)42-8)19-18-36(6)28(31(27)38)12-13-30-35(5)22-25(20-24-10-9-11-26(39)21-24)32(40)34(3,4)29(35)15-16-37(30,36)7/h9-11,20-21,27-31H,1,12-19,22H2,2-8H3/b25-20+/t27-,28+,29+,30-,31+,35-,36+,37-,38-/m0/s1. The van der Waals surface area contributed by atoms with E-state index < -0.39 is 0 Å². The second-order valence-corrected chi connectivity index (χ2v) is 17.5. The molecule has 0 aliphatic heterocycles. The second kappa shape index (κ2) is 10.0. The fourth-order valence-corrected chi connectivity index (χ4v) is 13.0. The summed E-state index contributed by atoms with van der Waals surface area (Å²) in [6, 6.07) is 8.53. The fourth-order valence-electron chi connectivity index (χ4n) is 12.5. The first-order valence-electron chi connectivity index (χ1n) is 16.4. The van der Waals surface area contributed by atoms with E-state index >= 15 is 0 Å². The molecule has 0 amide bonds. The molecule has 3 nitrogen and oxygen atoms in total. The first kappa shape index (κ1) is 30.6. The number of hydrogen-bond donors (Lipinski definition) is 0. The van der Waals surface area contributed by atoms with E-state index in [2.05, 4.69) is 101 Å². The number of methoxy groups -OCH3 is 1. The number of rotatable bonds is 3. The Labute approximate surface area is 267 Å². The van der Waals surface area contributed by atoms with E-state index in [4.69, 9.17) is 4.74 Å². The third-order valence-electron chi connectivity index (χ3n) is 14.4. The van der Waals surface area contributed by atoms with Crippen molar-refractivity contribution in [2.24, 2.45) is 56.7 Å². The molecule has 1 aromatic carbocycles. The van der Waals surface area contributed by atoms with Crippen molar-refractivity contribution in [3.63, 3.8) is 0 Å². The molecule has 5 aliphatic rings. The van der Waals surface area contributed by atoms with Crippen molar-refractivity contribution in [2.75, 3.05) is 7.11 Å². The maximum absolute atomic E-state index is 14.1. The largest absolute Gasteiger partial charge is 0.469 e. The van der Waals surface area contributed by atoms with Gasteiger partial charge in [-0.05, 0) is 162 Å². The first-order valence-corrected chi connectivity index (χ1v) is 17.5. The molecule has 0 radical (unpaired) electrons. The van der Waals surface area contributed by atoms with Crippen LogP contribution in [0.4, 0.5) is 0 Å². The van der Waals surface area contributed by atoms with Gasteiger partial charge < -0.3 is 4.74 Å². The summed E-state index contributed by atoms with van der Waals surface area (Å²) in [4.78, 5) is 27.6. The van der Waals surface area contributed by atoms with Crippen LogP contribution in [0.15, 0.2) is 42.0 Å². The van der Waals surface area contributed by atoms with Gasteiger partial charge in [0.1, 0.15) is 0 Å². The maximum Gasteiger partial charge on any atom is 0.312 e. The SMILES string of the molecule is C=C(C)[C@@H]1CC[C@]2(C(=O)OC)CC[C@]3(C)[C@H](CC[C@H]4[C@@]5(C)C/C(=C\c6cccc(I)c6)C(=O)C(C)(C)[C@H]5CC[C@@]43C)[C@@H]12. The summed E-state index contributed by atoms with van der Waals surface area (Å²) < 4.78 is 6.75. The average molecular weight is 683 g/mol. The summed E-state index contributed by atoms with van der Waals surface area (Å²) in [6.45, 7) is 18.9. The number of hydrogen-bond acceptors (Lipinski definition) is 3.